The zero-order valence-electron chi connectivity index (χ0n) is 9.13. The third-order valence-corrected chi connectivity index (χ3v) is 4.05. The molecule has 1 aromatic heterocycles. The molecule has 2 N–H and O–H groups in total. The van der Waals surface area contributed by atoms with Crippen LogP contribution in [-0.2, 0) is 10.0 Å². The van der Waals surface area contributed by atoms with E-state index < -0.39 is 20.9 Å². The van der Waals surface area contributed by atoms with E-state index in [9.17, 15) is 12.8 Å². The highest BCUT2D eigenvalue weighted by Gasteiger charge is 2.25. The van der Waals surface area contributed by atoms with Gasteiger partial charge in [-0.15, -0.1) is 0 Å². The summed E-state index contributed by atoms with van der Waals surface area (Å²) in [6.07, 6.45) is 1.46. The highest BCUT2D eigenvalue weighted by atomic mass is 32.2. The highest BCUT2D eigenvalue weighted by Crippen LogP contribution is 2.14. The van der Waals surface area contributed by atoms with E-state index in [1.54, 1.807) is 0 Å². The number of hydrogen-bond donors (Lipinski definition) is 1. The molecule has 5 nitrogen and oxygen atoms in total. The summed E-state index contributed by atoms with van der Waals surface area (Å²) >= 11 is 4.65. The number of sulfonamides is 1. The smallest absolute Gasteiger partial charge is 0.263 e. The first kappa shape index (κ1) is 13.9. The topological polar surface area (TPSA) is 76.3 Å². The van der Waals surface area contributed by atoms with Gasteiger partial charge in [0.05, 0.1) is 4.99 Å². The Morgan fingerprint density at radius 3 is 2.82 bits per heavy atom. The van der Waals surface area contributed by atoms with Crippen molar-refractivity contribution in [2.45, 2.75) is 11.4 Å². The highest BCUT2D eigenvalue weighted by molar-refractivity contribution is 7.89. The standard InChI is InChI=1S/C9H12FN3O2S2/c1-13(6-4-8(11)16)17(14,15)9-7(10)3-2-5-12-9/h2-3,5H,4,6H2,1H3,(H2,11,16). The van der Waals surface area contributed by atoms with Crippen LogP contribution in [0.15, 0.2) is 23.4 Å². The first-order valence-corrected chi connectivity index (χ1v) is 6.55. The Bertz CT molecular complexity index is 519. The zero-order valence-corrected chi connectivity index (χ0v) is 10.8. The van der Waals surface area contributed by atoms with Crippen molar-refractivity contribution in [1.82, 2.24) is 9.29 Å². The summed E-state index contributed by atoms with van der Waals surface area (Å²) in [7, 11) is -2.61. The molecular weight excluding hydrogens is 265 g/mol. The molecule has 1 rings (SSSR count). The zero-order chi connectivity index (χ0) is 13.1. The van der Waals surface area contributed by atoms with Crippen molar-refractivity contribution in [2.24, 2.45) is 5.73 Å². The minimum Gasteiger partial charge on any atom is -0.393 e. The normalized spacial score (nSPS) is 11.7. The lowest BCUT2D eigenvalue weighted by atomic mass is 10.4. The summed E-state index contributed by atoms with van der Waals surface area (Å²) < 4.78 is 38.1. The van der Waals surface area contributed by atoms with Crippen LogP contribution in [0.4, 0.5) is 4.39 Å². The molecule has 0 aliphatic carbocycles. The average molecular weight is 277 g/mol. The third kappa shape index (κ3) is 3.42. The SMILES string of the molecule is CN(CCC(N)=S)S(=O)(=O)c1ncccc1F. The summed E-state index contributed by atoms with van der Waals surface area (Å²) in [5, 5.41) is -0.592. The van der Waals surface area contributed by atoms with Crippen LogP contribution in [0.25, 0.3) is 0 Å². The maximum atomic E-state index is 13.3. The molecule has 1 aromatic rings. The Morgan fingerprint density at radius 2 is 2.29 bits per heavy atom. The van der Waals surface area contributed by atoms with E-state index in [0.29, 0.717) is 0 Å². The maximum absolute atomic E-state index is 13.3. The van der Waals surface area contributed by atoms with E-state index in [1.807, 2.05) is 0 Å². The lowest BCUT2D eigenvalue weighted by molar-refractivity contribution is 0.465. The number of aromatic nitrogens is 1. The fourth-order valence-corrected chi connectivity index (χ4v) is 2.32. The molecule has 0 spiro atoms. The fraction of sp³-hybridized carbons (Fsp3) is 0.333. The van der Waals surface area contributed by atoms with Gasteiger partial charge in [0.15, 0.2) is 5.82 Å². The lowest BCUT2D eigenvalue weighted by Gasteiger charge is -2.16. The second-order valence-corrected chi connectivity index (χ2v) is 5.82. The van der Waals surface area contributed by atoms with Gasteiger partial charge in [-0.1, -0.05) is 12.2 Å². The molecule has 8 heteroatoms. The number of nitrogens with zero attached hydrogens (tertiary/aromatic N) is 2. The molecule has 0 unspecified atom stereocenters. The second kappa shape index (κ2) is 5.48. The Balaban J connectivity index is 2.96. The van der Waals surface area contributed by atoms with Crippen molar-refractivity contribution in [1.29, 1.82) is 0 Å². The molecular formula is C9H12FN3O2S2. The van der Waals surface area contributed by atoms with Gasteiger partial charge in [0.25, 0.3) is 10.0 Å². The first-order chi connectivity index (χ1) is 7.85. The third-order valence-electron chi connectivity index (χ3n) is 2.05. The van der Waals surface area contributed by atoms with Gasteiger partial charge in [-0.25, -0.2) is 17.8 Å². The van der Waals surface area contributed by atoms with Gasteiger partial charge < -0.3 is 5.73 Å². The van der Waals surface area contributed by atoms with Crippen molar-refractivity contribution < 1.29 is 12.8 Å². The van der Waals surface area contributed by atoms with E-state index in [4.69, 9.17) is 5.73 Å². The Morgan fingerprint density at radius 1 is 1.65 bits per heavy atom. The molecule has 0 atom stereocenters. The van der Waals surface area contributed by atoms with Gasteiger partial charge in [-0.2, -0.15) is 4.31 Å². The van der Waals surface area contributed by atoms with Gasteiger partial charge >= 0.3 is 0 Å². The van der Waals surface area contributed by atoms with Crippen LogP contribution in [-0.4, -0.2) is 36.3 Å². The largest absolute Gasteiger partial charge is 0.393 e. The minimum atomic E-state index is -3.93. The summed E-state index contributed by atoms with van der Waals surface area (Å²) in [6, 6.07) is 2.37. The Labute approximate surface area is 104 Å². The summed E-state index contributed by atoms with van der Waals surface area (Å²) in [4.78, 5) is 3.73. The molecule has 1 heterocycles. The first-order valence-electron chi connectivity index (χ1n) is 4.71. The average Bonchev–Trinajstić information content (AvgIpc) is 2.26. The number of rotatable bonds is 5. The quantitative estimate of drug-likeness (QED) is 0.794. The number of pyridine rings is 1. The Hall–Kier alpha value is -1.12. The van der Waals surface area contributed by atoms with Gasteiger partial charge in [-0.3, -0.25) is 0 Å². The van der Waals surface area contributed by atoms with Crippen molar-refractivity contribution in [3.05, 3.63) is 24.1 Å². The van der Waals surface area contributed by atoms with Crippen LogP contribution in [0.5, 0.6) is 0 Å². The predicted octanol–water partition coefficient (Wildman–Crippen LogP) is 0.517. The van der Waals surface area contributed by atoms with Crippen LogP contribution >= 0.6 is 12.2 Å². The van der Waals surface area contributed by atoms with Crippen LogP contribution in [0.3, 0.4) is 0 Å². The monoisotopic (exact) mass is 277 g/mol. The van der Waals surface area contributed by atoms with Crippen molar-refractivity contribution in [2.75, 3.05) is 13.6 Å². The minimum absolute atomic E-state index is 0.0910. The van der Waals surface area contributed by atoms with Gasteiger partial charge in [-0.05, 0) is 12.1 Å². The van der Waals surface area contributed by atoms with Crippen LogP contribution < -0.4 is 5.73 Å². The molecule has 0 amide bonds. The predicted molar refractivity (Wildman–Crippen MR) is 65.4 cm³/mol. The summed E-state index contributed by atoms with van der Waals surface area (Å²) in [6.45, 7) is 0.0910. The van der Waals surface area contributed by atoms with Gasteiger partial charge in [0, 0.05) is 26.2 Å². The molecule has 0 saturated carbocycles. The molecule has 0 aliphatic heterocycles. The van der Waals surface area contributed by atoms with E-state index in [-0.39, 0.29) is 18.0 Å². The van der Waals surface area contributed by atoms with Crippen molar-refractivity contribution >= 4 is 27.2 Å². The molecule has 0 fully saturated rings. The molecule has 0 saturated heterocycles. The van der Waals surface area contributed by atoms with Crippen molar-refractivity contribution in [3.63, 3.8) is 0 Å². The Kier molecular flexibility index (Phi) is 4.49. The number of thiocarbonyl (C=S) groups is 1. The summed E-state index contributed by atoms with van der Waals surface area (Å²) in [5.41, 5.74) is 5.27. The number of nitrogens with two attached hydrogens (primary N) is 1. The molecule has 0 bridgehead atoms. The summed E-state index contributed by atoms with van der Waals surface area (Å²) in [5.74, 6) is -0.880. The van der Waals surface area contributed by atoms with Crippen LogP contribution in [0, 0.1) is 5.82 Å². The van der Waals surface area contributed by atoms with Crippen LogP contribution in [0.1, 0.15) is 6.42 Å². The number of hydrogen-bond acceptors (Lipinski definition) is 4. The molecule has 0 radical (unpaired) electrons. The van der Waals surface area contributed by atoms with Gasteiger partial charge in [0.2, 0.25) is 5.03 Å². The molecule has 0 aromatic carbocycles. The van der Waals surface area contributed by atoms with E-state index in [1.165, 1.54) is 19.3 Å². The maximum Gasteiger partial charge on any atom is 0.263 e. The van der Waals surface area contributed by atoms with E-state index in [0.717, 1.165) is 10.4 Å². The van der Waals surface area contributed by atoms with Crippen molar-refractivity contribution in [3.8, 4) is 0 Å². The molecule has 0 aliphatic rings. The van der Waals surface area contributed by atoms with E-state index >= 15 is 0 Å². The molecule has 94 valence electrons. The van der Waals surface area contributed by atoms with Crippen LogP contribution in [0.2, 0.25) is 0 Å². The number of halogens is 1. The lowest BCUT2D eigenvalue weighted by Crippen LogP contribution is -2.31. The molecule has 17 heavy (non-hydrogen) atoms. The fourth-order valence-electron chi connectivity index (χ4n) is 1.10. The van der Waals surface area contributed by atoms with E-state index in [2.05, 4.69) is 17.2 Å². The second-order valence-electron chi connectivity index (χ2n) is 3.33. The van der Waals surface area contributed by atoms with Gasteiger partial charge in [0.1, 0.15) is 0 Å².